The maximum atomic E-state index is 15.3. The standard InChI is InChI=1S/C17H19FN4O3/c18-17(16-20-14(21-25-16)12-3-9-24-10-4-12)5-8-22(11-17)15(23)13-1-6-19-7-2-13/h1-2,6-7,12H,3-5,8-11H2. The number of likely N-dealkylation sites (tertiary alicyclic amines) is 1. The highest BCUT2D eigenvalue weighted by Gasteiger charge is 2.46. The topological polar surface area (TPSA) is 81.4 Å². The maximum Gasteiger partial charge on any atom is 0.266 e. The Labute approximate surface area is 144 Å². The molecule has 0 spiro atoms. The average molecular weight is 346 g/mol. The van der Waals surface area contributed by atoms with Crippen LogP contribution in [-0.4, -0.2) is 52.2 Å². The first-order chi connectivity index (χ1) is 12.2. The van der Waals surface area contributed by atoms with Gasteiger partial charge in [-0.3, -0.25) is 9.78 Å². The predicted octanol–water partition coefficient (Wildman–Crippen LogP) is 2.07. The lowest BCUT2D eigenvalue weighted by Gasteiger charge is -2.19. The van der Waals surface area contributed by atoms with Crippen LogP contribution in [0.4, 0.5) is 4.39 Å². The predicted molar refractivity (Wildman–Crippen MR) is 84.6 cm³/mol. The Morgan fingerprint density at radius 3 is 2.80 bits per heavy atom. The van der Waals surface area contributed by atoms with Gasteiger partial charge in [0, 0.05) is 50.1 Å². The molecule has 7 nitrogen and oxygen atoms in total. The number of aromatic nitrogens is 3. The number of halogens is 1. The molecule has 2 aliphatic heterocycles. The zero-order valence-electron chi connectivity index (χ0n) is 13.7. The molecule has 4 rings (SSSR count). The lowest BCUT2D eigenvalue weighted by molar-refractivity contribution is 0.0716. The third-order valence-electron chi connectivity index (χ3n) is 4.85. The van der Waals surface area contributed by atoms with Crippen molar-refractivity contribution in [3.8, 4) is 0 Å². The molecule has 0 aliphatic carbocycles. The number of rotatable bonds is 3. The minimum atomic E-state index is -1.79. The Morgan fingerprint density at radius 1 is 1.28 bits per heavy atom. The summed E-state index contributed by atoms with van der Waals surface area (Å²) in [5.41, 5.74) is -1.30. The van der Waals surface area contributed by atoms with Crippen LogP contribution in [0, 0.1) is 0 Å². The molecule has 0 N–H and O–H groups in total. The molecule has 1 unspecified atom stereocenters. The van der Waals surface area contributed by atoms with E-state index in [2.05, 4.69) is 15.1 Å². The number of pyridine rings is 1. The first-order valence-electron chi connectivity index (χ1n) is 8.46. The summed E-state index contributed by atoms with van der Waals surface area (Å²) < 4.78 is 25.9. The Balaban J connectivity index is 1.48. The highest BCUT2D eigenvalue weighted by atomic mass is 19.1. The van der Waals surface area contributed by atoms with Gasteiger partial charge in [0.15, 0.2) is 5.82 Å². The van der Waals surface area contributed by atoms with E-state index in [1.54, 1.807) is 24.5 Å². The van der Waals surface area contributed by atoms with E-state index in [-0.39, 0.29) is 30.7 Å². The van der Waals surface area contributed by atoms with E-state index in [0.717, 1.165) is 12.8 Å². The summed E-state index contributed by atoms with van der Waals surface area (Å²) in [4.78, 5) is 22.1. The van der Waals surface area contributed by atoms with Gasteiger partial charge in [-0.25, -0.2) is 4.39 Å². The van der Waals surface area contributed by atoms with E-state index >= 15 is 4.39 Å². The first kappa shape index (κ1) is 16.1. The van der Waals surface area contributed by atoms with E-state index in [1.807, 2.05) is 0 Å². The lowest BCUT2D eigenvalue weighted by Crippen LogP contribution is -2.32. The highest BCUT2D eigenvalue weighted by molar-refractivity contribution is 5.94. The van der Waals surface area contributed by atoms with Crippen LogP contribution in [-0.2, 0) is 10.4 Å². The van der Waals surface area contributed by atoms with Crippen LogP contribution in [0.25, 0.3) is 0 Å². The Morgan fingerprint density at radius 2 is 2.04 bits per heavy atom. The number of hydrogen-bond donors (Lipinski definition) is 0. The quantitative estimate of drug-likeness (QED) is 0.846. The molecule has 2 saturated heterocycles. The summed E-state index contributed by atoms with van der Waals surface area (Å²) in [5, 5.41) is 3.96. The molecule has 132 valence electrons. The Hall–Kier alpha value is -2.35. The van der Waals surface area contributed by atoms with Crippen molar-refractivity contribution >= 4 is 5.91 Å². The van der Waals surface area contributed by atoms with Crippen LogP contribution < -0.4 is 0 Å². The number of ether oxygens (including phenoxy) is 1. The Kier molecular flexibility index (Phi) is 4.20. The van der Waals surface area contributed by atoms with Crippen molar-refractivity contribution < 1.29 is 18.4 Å². The van der Waals surface area contributed by atoms with Crippen molar-refractivity contribution in [3.05, 3.63) is 41.8 Å². The lowest BCUT2D eigenvalue weighted by atomic mass is 9.99. The van der Waals surface area contributed by atoms with Gasteiger partial charge >= 0.3 is 0 Å². The molecule has 25 heavy (non-hydrogen) atoms. The van der Waals surface area contributed by atoms with Crippen molar-refractivity contribution in [2.45, 2.75) is 30.8 Å². The van der Waals surface area contributed by atoms with E-state index in [0.29, 0.717) is 31.1 Å². The second-order valence-electron chi connectivity index (χ2n) is 6.52. The number of amides is 1. The van der Waals surface area contributed by atoms with Gasteiger partial charge in [-0.2, -0.15) is 4.98 Å². The van der Waals surface area contributed by atoms with E-state index < -0.39 is 5.67 Å². The second-order valence-corrected chi connectivity index (χ2v) is 6.52. The highest BCUT2D eigenvalue weighted by Crippen LogP contribution is 2.37. The third kappa shape index (κ3) is 3.13. The molecular formula is C17H19FN4O3. The summed E-state index contributed by atoms with van der Waals surface area (Å²) in [6, 6.07) is 3.24. The van der Waals surface area contributed by atoms with Gasteiger partial charge in [-0.1, -0.05) is 5.16 Å². The minimum absolute atomic E-state index is 0.0287. The van der Waals surface area contributed by atoms with Gasteiger partial charge in [0.25, 0.3) is 11.8 Å². The molecule has 1 amide bonds. The molecule has 2 fully saturated rings. The van der Waals surface area contributed by atoms with Crippen LogP contribution in [0.15, 0.2) is 29.0 Å². The number of hydrogen-bond acceptors (Lipinski definition) is 6. The van der Waals surface area contributed by atoms with Crippen LogP contribution >= 0.6 is 0 Å². The molecule has 2 aromatic rings. The molecule has 4 heterocycles. The summed E-state index contributed by atoms with van der Waals surface area (Å²) in [6.45, 7) is 1.54. The van der Waals surface area contributed by atoms with E-state index in [9.17, 15) is 4.79 Å². The molecule has 2 aliphatic rings. The Bertz CT molecular complexity index is 747. The smallest absolute Gasteiger partial charge is 0.266 e. The molecular weight excluding hydrogens is 327 g/mol. The molecule has 8 heteroatoms. The van der Waals surface area contributed by atoms with Crippen molar-refractivity contribution in [2.75, 3.05) is 26.3 Å². The third-order valence-corrected chi connectivity index (χ3v) is 4.85. The minimum Gasteiger partial charge on any atom is -0.381 e. The summed E-state index contributed by atoms with van der Waals surface area (Å²) in [7, 11) is 0. The van der Waals surface area contributed by atoms with Gasteiger partial charge < -0.3 is 14.2 Å². The maximum absolute atomic E-state index is 15.3. The van der Waals surface area contributed by atoms with Crippen LogP contribution in [0.3, 0.4) is 0 Å². The number of alkyl halides is 1. The van der Waals surface area contributed by atoms with E-state index in [1.165, 1.54) is 4.90 Å². The van der Waals surface area contributed by atoms with Gasteiger partial charge in [0.2, 0.25) is 5.67 Å². The monoisotopic (exact) mass is 346 g/mol. The number of carbonyl (C=O) groups excluding carboxylic acids is 1. The molecule has 2 aromatic heterocycles. The van der Waals surface area contributed by atoms with Gasteiger partial charge in [-0.15, -0.1) is 0 Å². The van der Waals surface area contributed by atoms with Crippen molar-refractivity contribution in [3.63, 3.8) is 0 Å². The fourth-order valence-corrected chi connectivity index (χ4v) is 3.34. The van der Waals surface area contributed by atoms with Crippen molar-refractivity contribution in [1.82, 2.24) is 20.0 Å². The van der Waals surface area contributed by atoms with E-state index in [4.69, 9.17) is 9.26 Å². The largest absolute Gasteiger partial charge is 0.381 e. The zero-order valence-corrected chi connectivity index (χ0v) is 13.7. The van der Waals surface area contributed by atoms with Crippen LogP contribution in [0.5, 0.6) is 0 Å². The van der Waals surface area contributed by atoms with Gasteiger partial charge in [0.05, 0.1) is 6.54 Å². The van der Waals surface area contributed by atoms with Gasteiger partial charge in [-0.05, 0) is 25.0 Å². The SMILES string of the molecule is O=C(c1ccncc1)N1CCC(F)(c2nc(C3CCOCC3)no2)C1. The number of carbonyl (C=O) groups is 1. The number of nitrogens with zero attached hydrogens (tertiary/aromatic N) is 4. The fraction of sp³-hybridized carbons (Fsp3) is 0.529. The molecule has 0 bridgehead atoms. The molecule has 0 saturated carbocycles. The van der Waals surface area contributed by atoms with Crippen LogP contribution in [0.1, 0.15) is 47.3 Å². The molecule has 0 radical (unpaired) electrons. The second kappa shape index (κ2) is 6.51. The average Bonchev–Trinajstić information content (AvgIpc) is 3.31. The first-order valence-corrected chi connectivity index (χ1v) is 8.46. The molecule has 1 atom stereocenters. The summed E-state index contributed by atoms with van der Waals surface area (Å²) in [6.07, 6.45) is 4.86. The summed E-state index contributed by atoms with van der Waals surface area (Å²) >= 11 is 0. The normalized spacial score (nSPS) is 24.6. The van der Waals surface area contributed by atoms with Crippen LogP contribution in [0.2, 0.25) is 0 Å². The fourth-order valence-electron chi connectivity index (χ4n) is 3.34. The van der Waals surface area contributed by atoms with Gasteiger partial charge in [0.1, 0.15) is 0 Å². The summed E-state index contributed by atoms with van der Waals surface area (Å²) in [5.74, 6) is 0.435. The zero-order chi connectivity index (χ0) is 17.3. The van der Waals surface area contributed by atoms with Crippen molar-refractivity contribution in [2.24, 2.45) is 0 Å². The molecule has 0 aromatic carbocycles. The van der Waals surface area contributed by atoms with Crippen molar-refractivity contribution in [1.29, 1.82) is 0 Å².